The first kappa shape index (κ1) is 17.1. The Hall–Kier alpha value is -1.92. The number of carboxylic acid groups (broad SMARTS) is 1. The number of H-pyrrole nitrogens is 1. The standard InChI is InChI=1S/C14H24N4O3/c1-9(2)11-16-12(18-17-11)13(21)15-8-7-14(3,4)6-5-10(19)20/h9H,5-8H2,1-4H3,(H,15,21)(H,19,20)(H,16,17,18). The predicted molar refractivity (Wildman–Crippen MR) is 78.1 cm³/mol. The van der Waals surface area contributed by atoms with Crippen molar-refractivity contribution in [1.29, 1.82) is 0 Å². The molecule has 0 unspecified atom stereocenters. The van der Waals surface area contributed by atoms with E-state index in [2.05, 4.69) is 20.5 Å². The van der Waals surface area contributed by atoms with Crippen LogP contribution < -0.4 is 5.32 Å². The van der Waals surface area contributed by atoms with Crippen molar-refractivity contribution in [3.8, 4) is 0 Å². The topological polar surface area (TPSA) is 108 Å². The van der Waals surface area contributed by atoms with Crippen LogP contribution in [0, 0.1) is 5.41 Å². The first-order valence-corrected chi connectivity index (χ1v) is 7.13. The number of rotatable bonds is 8. The van der Waals surface area contributed by atoms with Gasteiger partial charge in [0.2, 0.25) is 5.82 Å². The van der Waals surface area contributed by atoms with Crippen molar-refractivity contribution in [2.45, 2.75) is 52.9 Å². The molecule has 1 aromatic rings. The highest BCUT2D eigenvalue weighted by atomic mass is 16.4. The average Bonchev–Trinajstić information content (AvgIpc) is 2.86. The van der Waals surface area contributed by atoms with Crippen molar-refractivity contribution in [2.24, 2.45) is 5.41 Å². The molecule has 7 heteroatoms. The highest BCUT2D eigenvalue weighted by molar-refractivity contribution is 5.90. The van der Waals surface area contributed by atoms with Crippen LogP contribution in [0.1, 0.15) is 69.3 Å². The molecule has 0 fully saturated rings. The van der Waals surface area contributed by atoms with Crippen molar-refractivity contribution >= 4 is 11.9 Å². The van der Waals surface area contributed by atoms with Gasteiger partial charge in [-0.05, 0) is 18.3 Å². The zero-order chi connectivity index (χ0) is 16.0. The van der Waals surface area contributed by atoms with E-state index in [0.29, 0.717) is 25.2 Å². The quantitative estimate of drug-likeness (QED) is 0.679. The fraction of sp³-hybridized carbons (Fsp3) is 0.714. The van der Waals surface area contributed by atoms with Crippen LogP contribution in [0.2, 0.25) is 0 Å². The monoisotopic (exact) mass is 296 g/mol. The molecule has 0 radical (unpaired) electrons. The van der Waals surface area contributed by atoms with Gasteiger partial charge in [0.25, 0.3) is 5.91 Å². The van der Waals surface area contributed by atoms with E-state index < -0.39 is 5.97 Å². The number of carbonyl (C=O) groups is 2. The Morgan fingerprint density at radius 1 is 1.33 bits per heavy atom. The number of aromatic amines is 1. The summed E-state index contributed by atoms with van der Waals surface area (Å²) in [6.45, 7) is 8.38. The summed E-state index contributed by atoms with van der Waals surface area (Å²) >= 11 is 0. The third-order valence-electron chi connectivity index (χ3n) is 3.36. The lowest BCUT2D eigenvalue weighted by molar-refractivity contribution is -0.137. The Balaban J connectivity index is 2.40. The Bertz CT molecular complexity index is 494. The molecule has 0 spiro atoms. The van der Waals surface area contributed by atoms with Crippen LogP contribution in [0.25, 0.3) is 0 Å². The van der Waals surface area contributed by atoms with E-state index in [-0.39, 0.29) is 29.5 Å². The first-order chi connectivity index (χ1) is 9.71. The van der Waals surface area contributed by atoms with Crippen molar-refractivity contribution in [2.75, 3.05) is 6.54 Å². The van der Waals surface area contributed by atoms with Crippen LogP contribution in [-0.4, -0.2) is 38.7 Å². The summed E-state index contributed by atoms with van der Waals surface area (Å²) in [5.74, 6) is -0.0979. The normalized spacial score (nSPS) is 11.7. The van der Waals surface area contributed by atoms with Gasteiger partial charge >= 0.3 is 5.97 Å². The first-order valence-electron chi connectivity index (χ1n) is 7.13. The molecule has 1 rings (SSSR count). The summed E-state index contributed by atoms with van der Waals surface area (Å²) in [6, 6.07) is 0. The van der Waals surface area contributed by atoms with Crippen LogP contribution in [0.4, 0.5) is 0 Å². The molecular formula is C14H24N4O3. The smallest absolute Gasteiger partial charge is 0.303 e. The largest absolute Gasteiger partial charge is 0.481 e. The van der Waals surface area contributed by atoms with Crippen LogP contribution >= 0.6 is 0 Å². The molecule has 0 atom stereocenters. The third kappa shape index (κ3) is 5.93. The summed E-state index contributed by atoms with van der Waals surface area (Å²) < 4.78 is 0. The van der Waals surface area contributed by atoms with Gasteiger partial charge < -0.3 is 10.4 Å². The minimum absolute atomic E-state index is 0.131. The second-order valence-corrected chi connectivity index (χ2v) is 6.26. The molecule has 1 aromatic heterocycles. The van der Waals surface area contributed by atoms with Crippen molar-refractivity contribution < 1.29 is 14.7 Å². The van der Waals surface area contributed by atoms with Gasteiger partial charge in [0.1, 0.15) is 5.82 Å². The maximum atomic E-state index is 11.9. The molecule has 0 bridgehead atoms. The molecule has 7 nitrogen and oxygen atoms in total. The van der Waals surface area contributed by atoms with E-state index in [0.717, 1.165) is 0 Å². The maximum Gasteiger partial charge on any atom is 0.303 e. The Morgan fingerprint density at radius 3 is 2.52 bits per heavy atom. The number of hydrogen-bond acceptors (Lipinski definition) is 4. The van der Waals surface area contributed by atoms with Gasteiger partial charge in [0.05, 0.1) is 0 Å². The molecule has 0 aliphatic heterocycles. The molecule has 0 aromatic carbocycles. The molecule has 1 amide bonds. The number of carbonyl (C=O) groups excluding carboxylic acids is 1. The van der Waals surface area contributed by atoms with Gasteiger partial charge in [-0.1, -0.05) is 27.7 Å². The summed E-state index contributed by atoms with van der Waals surface area (Å²) in [5.41, 5.74) is -0.131. The predicted octanol–water partition coefficient (Wildman–Crippen LogP) is 1.94. The molecule has 0 aliphatic carbocycles. The minimum Gasteiger partial charge on any atom is -0.481 e. The molecule has 3 N–H and O–H groups in total. The summed E-state index contributed by atoms with van der Waals surface area (Å²) in [7, 11) is 0. The van der Waals surface area contributed by atoms with Crippen LogP contribution in [0.5, 0.6) is 0 Å². The van der Waals surface area contributed by atoms with E-state index in [9.17, 15) is 9.59 Å². The van der Waals surface area contributed by atoms with Crippen LogP contribution in [0.15, 0.2) is 0 Å². The zero-order valence-electron chi connectivity index (χ0n) is 13.1. The summed E-state index contributed by atoms with van der Waals surface area (Å²) in [5, 5.41) is 18.1. The Morgan fingerprint density at radius 2 is 2.00 bits per heavy atom. The number of aliphatic carboxylic acids is 1. The molecule has 118 valence electrons. The molecular weight excluding hydrogens is 272 g/mol. The molecule has 0 aliphatic rings. The van der Waals surface area contributed by atoms with Gasteiger partial charge in [0.15, 0.2) is 0 Å². The van der Waals surface area contributed by atoms with Crippen molar-refractivity contribution in [1.82, 2.24) is 20.5 Å². The lowest BCUT2D eigenvalue weighted by Gasteiger charge is -2.23. The van der Waals surface area contributed by atoms with Gasteiger partial charge in [-0.25, -0.2) is 4.98 Å². The number of aromatic nitrogens is 3. The van der Waals surface area contributed by atoms with Gasteiger partial charge in [-0.15, -0.1) is 5.10 Å². The maximum absolute atomic E-state index is 11.9. The summed E-state index contributed by atoms with van der Waals surface area (Å²) in [4.78, 5) is 26.6. The Labute approximate surface area is 124 Å². The molecule has 0 saturated carbocycles. The molecule has 0 saturated heterocycles. The van der Waals surface area contributed by atoms with E-state index in [1.54, 1.807) is 0 Å². The van der Waals surface area contributed by atoms with Crippen LogP contribution in [0.3, 0.4) is 0 Å². The second kappa shape index (κ2) is 7.19. The minimum atomic E-state index is -0.797. The number of amides is 1. The zero-order valence-corrected chi connectivity index (χ0v) is 13.1. The van der Waals surface area contributed by atoms with E-state index in [1.165, 1.54) is 0 Å². The highest BCUT2D eigenvalue weighted by Crippen LogP contribution is 2.26. The van der Waals surface area contributed by atoms with Gasteiger partial charge in [0, 0.05) is 18.9 Å². The molecule has 21 heavy (non-hydrogen) atoms. The second-order valence-electron chi connectivity index (χ2n) is 6.26. The molecule has 1 heterocycles. The Kier molecular flexibility index (Phi) is 5.87. The van der Waals surface area contributed by atoms with Crippen molar-refractivity contribution in [3.63, 3.8) is 0 Å². The lowest BCUT2D eigenvalue weighted by atomic mass is 9.84. The number of carboxylic acids is 1. The van der Waals surface area contributed by atoms with E-state index in [4.69, 9.17) is 5.11 Å². The number of nitrogens with one attached hydrogen (secondary N) is 2. The fourth-order valence-corrected chi connectivity index (χ4v) is 1.80. The SMILES string of the molecule is CC(C)c1nc(C(=O)NCCC(C)(C)CCC(=O)O)n[nH]1. The van der Waals surface area contributed by atoms with Crippen molar-refractivity contribution in [3.05, 3.63) is 11.6 Å². The van der Waals surface area contributed by atoms with Gasteiger partial charge in [-0.3, -0.25) is 14.7 Å². The number of nitrogens with zero attached hydrogens (tertiary/aromatic N) is 2. The number of hydrogen-bond donors (Lipinski definition) is 3. The summed E-state index contributed by atoms with van der Waals surface area (Å²) in [6.07, 6.45) is 1.42. The average molecular weight is 296 g/mol. The lowest BCUT2D eigenvalue weighted by Crippen LogP contribution is -2.29. The fourth-order valence-electron chi connectivity index (χ4n) is 1.80. The highest BCUT2D eigenvalue weighted by Gasteiger charge is 2.20. The van der Waals surface area contributed by atoms with Crippen LogP contribution in [-0.2, 0) is 4.79 Å². The third-order valence-corrected chi connectivity index (χ3v) is 3.36. The van der Waals surface area contributed by atoms with E-state index >= 15 is 0 Å². The van der Waals surface area contributed by atoms with E-state index in [1.807, 2.05) is 27.7 Å². The van der Waals surface area contributed by atoms with Gasteiger partial charge in [-0.2, -0.15) is 0 Å².